The van der Waals surface area contributed by atoms with Gasteiger partial charge in [0.1, 0.15) is 11.6 Å². The highest BCUT2D eigenvalue weighted by Gasteiger charge is 2.19. The maximum atomic E-state index is 4.67. The number of aromatic nitrogens is 1. The van der Waals surface area contributed by atoms with Crippen molar-refractivity contribution in [3.8, 4) is 0 Å². The Balaban J connectivity index is 2.07. The third-order valence-corrected chi connectivity index (χ3v) is 3.51. The summed E-state index contributed by atoms with van der Waals surface area (Å²) in [6, 6.07) is 6.25. The first kappa shape index (κ1) is 12.2. The summed E-state index contributed by atoms with van der Waals surface area (Å²) in [5.74, 6) is 2.96. The zero-order valence-electron chi connectivity index (χ0n) is 10.9. The zero-order valence-corrected chi connectivity index (χ0v) is 10.9. The summed E-state index contributed by atoms with van der Waals surface area (Å²) >= 11 is 0. The second-order valence-electron chi connectivity index (χ2n) is 4.77. The first-order valence-electron chi connectivity index (χ1n) is 6.79. The Kier molecular flexibility index (Phi) is 4.24. The molecule has 17 heavy (non-hydrogen) atoms. The molecule has 0 aliphatic carbocycles. The van der Waals surface area contributed by atoms with Crippen molar-refractivity contribution >= 4 is 11.6 Å². The minimum Gasteiger partial charge on any atom is -0.370 e. The van der Waals surface area contributed by atoms with Crippen molar-refractivity contribution in [2.24, 2.45) is 5.92 Å². The van der Waals surface area contributed by atoms with Crippen LogP contribution in [0.4, 0.5) is 11.6 Å². The summed E-state index contributed by atoms with van der Waals surface area (Å²) in [6.07, 6.45) is 3.95. The fourth-order valence-corrected chi connectivity index (χ4v) is 2.49. The monoisotopic (exact) mass is 233 g/mol. The Morgan fingerprint density at radius 2 is 2.29 bits per heavy atom. The van der Waals surface area contributed by atoms with Crippen molar-refractivity contribution in [1.29, 1.82) is 0 Å². The number of hydrogen-bond donors (Lipinski definition) is 1. The van der Waals surface area contributed by atoms with Crippen LogP contribution in [0.2, 0.25) is 0 Å². The predicted molar refractivity (Wildman–Crippen MR) is 73.6 cm³/mol. The molecule has 94 valence electrons. The van der Waals surface area contributed by atoms with E-state index in [9.17, 15) is 0 Å². The topological polar surface area (TPSA) is 28.2 Å². The van der Waals surface area contributed by atoms with Gasteiger partial charge in [0.25, 0.3) is 0 Å². The van der Waals surface area contributed by atoms with Gasteiger partial charge in [0, 0.05) is 19.6 Å². The van der Waals surface area contributed by atoms with Crippen LogP contribution in [0.5, 0.6) is 0 Å². The van der Waals surface area contributed by atoms with Crippen molar-refractivity contribution in [1.82, 2.24) is 4.98 Å². The SMILES string of the molecule is CCNc1cccc(N2CCCC(CC)C2)n1. The maximum Gasteiger partial charge on any atom is 0.130 e. The summed E-state index contributed by atoms with van der Waals surface area (Å²) in [7, 11) is 0. The Morgan fingerprint density at radius 3 is 3.06 bits per heavy atom. The van der Waals surface area contributed by atoms with Crippen LogP contribution in [-0.4, -0.2) is 24.6 Å². The summed E-state index contributed by atoms with van der Waals surface area (Å²) in [6.45, 7) is 7.63. The summed E-state index contributed by atoms with van der Waals surface area (Å²) in [5, 5.41) is 3.27. The summed E-state index contributed by atoms with van der Waals surface area (Å²) in [4.78, 5) is 7.10. The first-order chi connectivity index (χ1) is 8.33. The molecule has 1 fully saturated rings. The van der Waals surface area contributed by atoms with Gasteiger partial charge in [0.05, 0.1) is 0 Å². The molecule has 1 aromatic rings. The molecule has 0 radical (unpaired) electrons. The molecular weight excluding hydrogens is 210 g/mol. The van der Waals surface area contributed by atoms with E-state index >= 15 is 0 Å². The lowest BCUT2D eigenvalue weighted by Gasteiger charge is -2.33. The van der Waals surface area contributed by atoms with Crippen LogP contribution >= 0.6 is 0 Å². The molecule has 0 bridgehead atoms. The molecule has 3 nitrogen and oxygen atoms in total. The summed E-state index contributed by atoms with van der Waals surface area (Å²) in [5.41, 5.74) is 0. The highest BCUT2D eigenvalue weighted by atomic mass is 15.2. The van der Waals surface area contributed by atoms with E-state index in [1.165, 1.54) is 25.8 Å². The molecule has 1 aromatic heterocycles. The number of anilines is 2. The van der Waals surface area contributed by atoms with E-state index in [4.69, 9.17) is 0 Å². The maximum absolute atomic E-state index is 4.67. The fourth-order valence-electron chi connectivity index (χ4n) is 2.49. The number of nitrogens with zero attached hydrogens (tertiary/aromatic N) is 2. The summed E-state index contributed by atoms with van der Waals surface area (Å²) < 4.78 is 0. The number of pyridine rings is 1. The van der Waals surface area contributed by atoms with Crippen molar-refractivity contribution in [3.05, 3.63) is 18.2 Å². The molecule has 1 atom stereocenters. The van der Waals surface area contributed by atoms with Gasteiger partial charge in [0.15, 0.2) is 0 Å². The predicted octanol–water partition coefficient (Wildman–Crippen LogP) is 3.14. The molecule has 0 spiro atoms. The number of nitrogens with one attached hydrogen (secondary N) is 1. The highest BCUT2D eigenvalue weighted by molar-refractivity contribution is 5.47. The van der Waals surface area contributed by atoms with E-state index in [1.54, 1.807) is 0 Å². The quantitative estimate of drug-likeness (QED) is 0.866. The second-order valence-corrected chi connectivity index (χ2v) is 4.77. The van der Waals surface area contributed by atoms with Crippen LogP contribution in [0.3, 0.4) is 0 Å². The molecule has 3 heteroatoms. The Morgan fingerprint density at radius 1 is 1.41 bits per heavy atom. The van der Waals surface area contributed by atoms with Gasteiger partial charge in [-0.25, -0.2) is 4.98 Å². The number of hydrogen-bond acceptors (Lipinski definition) is 3. The van der Waals surface area contributed by atoms with Gasteiger partial charge in [-0.05, 0) is 37.8 Å². The van der Waals surface area contributed by atoms with Crippen LogP contribution in [0.15, 0.2) is 18.2 Å². The van der Waals surface area contributed by atoms with Gasteiger partial charge in [-0.15, -0.1) is 0 Å². The van der Waals surface area contributed by atoms with Gasteiger partial charge < -0.3 is 10.2 Å². The first-order valence-corrected chi connectivity index (χ1v) is 6.79. The van der Waals surface area contributed by atoms with Gasteiger partial charge in [-0.2, -0.15) is 0 Å². The van der Waals surface area contributed by atoms with Crippen LogP contribution < -0.4 is 10.2 Å². The zero-order chi connectivity index (χ0) is 12.1. The van der Waals surface area contributed by atoms with Crippen molar-refractivity contribution in [2.45, 2.75) is 33.1 Å². The smallest absolute Gasteiger partial charge is 0.130 e. The van der Waals surface area contributed by atoms with E-state index in [1.807, 2.05) is 6.07 Å². The molecule has 2 heterocycles. The largest absolute Gasteiger partial charge is 0.370 e. The highest BCUT2D eigenvalue weighted by Crippen LogP contribution is 2.24. The molecule has 0 saturated carbocycles. The van der Waals surface area contributed by atoms with Crippen molar-refractivity contribution in [3.63, 3.8) is 0 Å². The lowest BCUT2D eigenvalue weighted by molar-refractivity contribution is 0.403. The minimum atomic E-state index is 0.841. The third kappa shape index (κ3) is 3.11. The molecule has 1 N–H and O–H groups in total. The fraction of sp³-hybridized carbons (Fsp3) is 0.643. The minimum absolute atomic E-state index is 0.841. The molecule has 0 amide bonds. The van der Waals surface area contributed by atoms with Crippen LogP contribution in [0.1, 0.15) is 33.1 Å². The standard InChI is InChI=1S/C14H23N3/c1-3-12-7-6-10-17(11-12)14-9-5-8-13(16-14)15-4-2/h5,8-9,12H,3-4,6-7,10-11H2,1-2H3,(H,15,16). The Bertz CT molecular complexity index is 351. The van der Waals surface area contributed by atoms with Gasteiger partial charge in [0.2, 0.25) is 0 Å². The second kappa shape index (κ2) is 5.89. The van der Waals surface area contributed by atoms with E-state index in [0.717, 1.165) is 30.6 Å². The molecule has 1 aliphatic heterocycles. The Labute approximate surface area is 104 Å². The Hall–Kier alpha value is -1.25. The normalized spacial score (nSPS) is 20.4. The lowest BCUT2D eigenvalue weighted by Crippen LogP contribution is -2.35. The third-order valence-electron chi connectivity index (χ3n) is 3.51. The molecule has 1 saturated heterocycles. The van der Waals surface area contributed by atoms with Crippen molar-refractivity contribution < 1.29 is 0 Å². The molecule has 1 aliphatic rings. The lowest BCUT2D eigenvalue weighted by atomic mass is 9.96. The average molecular weight is 233 g/mol. The van der Waals surface area contributed by atoms with Crippen LogP contribution in [0.25, 0.3) is 0 Å². The average Bonchev–Trinajstić information content (AvgIpc) is 2.40. The van der Waals surface area contributed by atoms with E-state index in [2.05, 4.69) is 41.2 Å². The van der Waals surface area contributed by atoms with E-state index in [0.29, 0.717) is 0 Å². The molecule has 2 rings (SSSR count). The van der Waals surface area contributed by atoms with E-state index in [-0.39, 0.29) is 0 Å². The molecule has 0 aromatic carbocycles. The van der Waals surface area contributed by atoms with Crippen molar-refractivity contribution in [2.75, 3.05) is 29.9 Å². The number of rotatable bonds is 4. The van der Waals surface area contributed by atoms with Crippen LogP contribution in [-0.2, 0) is 0 Å². The van der Waals surface area contributed by atoms with Crippen LogP contribution in [0, 0.1) is 5.92 Å². The van der Waals surface area contributed by atoms with Gasteiger partial charge >= 0.3 is 0 Å². The van der Waals surface area contributed by atoms with Gasteiger partial charge in [-0.3, -0.25) is 0 Å². The number of piperidine rings is 1. The van der Waals surface area contributed by atoms with E-state index < -0.39 is 0 Å². The van der Waals surface area contributed by atoms with Gasteiger partial charge in [-0.1, -0.05) is 19.4 Å². The molecular formula is C14H23N3. The molecule has 1 unspecified atom stereocenters.